The van der Waals surface area contributed by atoms with Gasteiger partial charge in [-0.3, -0.25) is 10.1 Å². The lowest BCUT2D eigenvalue weighted by atomic mass is 10.3. The van der Waals surface area contributed by atoms with E-state index in [1.165, 1.54) is 30.6 Å². The Balaban J connectivity index is 2.22. The normalized spacial score (nSPS) is 10.1. The van der Waals surface area contributed by atoms with Crippen molar-refractivity contribution in [2.45, 2.75) is 0 Å². The first-order valence-corrected chi connectivity index (χ1v) is 5.13. The molecular formula is C10H7ClN4O3. The second kappa shape index (κ2) is 4.84. The highest BCUT2D eigenvalue weighted by molar-refractivity contribution is 6.32. The Hall–Kier alpha value is -2.41. The van der Waals surface area contributed by atoms with Crippen LogP contribution < -0.4 is 10.5 Å². The quantitative estimate of drug-likeness (QED) is 0.676. The molecule has 0 saturated heterocycles. The highest BCUT2D eigenvalue weighted by Crippen LogP contribution is 2.30. The number of halogens is 1. The third-order valence-electron chi connectivity index (χ3n) is 1.99. The number of ether oxygens (including phenoxy) is 1. The van der Waals surface area contributed by atoms with Crippen molar-refractivity contribution >= 4 is 23.1 Å². The fraction of sp³-hybridized carbons (Fsp3) is 0. The van der Waals surface area contributed by atoms with Crippen LogP contribution in [0.2, 0.25) is 5.02 Å². The first-order chi connectivity index (χ1) is 8.56. The van der Waals surface area contributed by atoms with Crippen molar-refractivity contribution in [3.8, 4) is 11.6 Å². The molecule has 0 unspecified atom stereocenters. The predicted octanol–water partition coefficient (Wildman–Crippen LogP) is 2.41. The number of nitrogens with two attached hydrogens (primary N) is 1. The third kappa shape index (κ3) is 2.64. The largest absolute Gasteiger partial charge is 0.437 e. The molecule has 0 aliphatic heterocycles. The second-order valence-corrected chi connectivity index (χ2v) is 3.66. The summed E-state index contributed by atoms with van der Waals surface area (Å²) in [4.78, 5) is 17.7. The fourth-order valence-electron chi connectivity index (χ4n) is 1.20. The summed E-state index contributed by atoms with van der Waals surface area (Å²) in [6, 6.07) is 4.00. The summed E-state index contributed by atoms with van der Waals surface area (Å²) in [6.07, 6.45) is 2.67. The first-order valence-electron chi connectivity index (χ1n) is 4.75. The lowest BCUT2D eigenvalue weighted by molar-refractivity contribution is -0.384. The van der Waals surface area contributed by atoms with Gasteiger partial charge in [0.2, 0.25) is 5.88 Å². The van der Waals surface area contributed by atoms with Gasteiger partial charge in [0, 0.05) is 12.1 Å². The van der Waals surface area contributed by atoms with Gasteiger partial charge in [0.05, 0.1) is 17.3 Å². The molecule has 1 aromatic heterocycles. The van der Waals surface area contributed by atoms with Crippen LogP contribution in [0.3, 0.4) is 0 Å². The van der Waals surface area contributed by atoms with Gasteiger partial charge in [0.1, 0.15) is 16.6 Å². The standard InChI is InChI=1S/C10H7ClN4O3/c11-7-3-6(1-2-8(7)15(16)17)18-10-5-13-9(12)4-14-10/h1-5H,(H2,12,13). The fourth-order valence-corrected chi connectivity index (χ4v) is 1.44. The molecule has 0 atom stereocenters. The van der Waals surface area contributed by atoms with Gasteiger partial charge in [-0.25, -0.2) is 9.97 Å². The van der Waals surface area contributed by atoms with Gasteiger partial charge in [-0.15, -0.1) is 0 Å². The molecule has 0 fully saturated rings. The number of hydrogen-bond donors (Lipinski definition) is 1. The van der Waals surface area contributed by atoms with Gasteiger partial charge >= 0.3 is 0 Å². The van der Waals surface area contributed by atoms with Crippen LogP contribution in [0.4, 0.5) is 11.5 Å². The summed E-state index contributed by atoms with van der Waals surface area (Å²) in [5.41, 5.74) is 5.18. The predicted molar refractivity (Wildman–Crippen MR) is 64.6 cm³/mol. The van der Waals surface area contributed by atoms with E-state index in [1.807, 2.05) is 0 Å². The van der Waals surface area contributed by atoms with Crippen molar-refractivity contribution in [3.63, 3.8) is 0 Å². The van der Waals surface area contributed by atoms with E-state index in [0.29, 0.717) is 5.75 Å². The van der Waals surface area contributed by atoms with Crippen molar-refractivity contribution in [2.75, 3.05) is 5.73 Å². The van der Waals surface area contributed by atoms with E-state index in [9.17, 15) is 10.1 Å². The average molecular weight is 267 g/mol. The molecule has 0 aliphatic rings. The number of nitro groups is 1. The number of nitrogen functional groups attached to an aromatic ring is 1. The van der Waals surface area contributed by atoms with Gasteiger partial charge in [-0.2, -0.15) is 0 Å². The van der Waals surface area contributed by atoms with Gasteiger partial charge in [0.15, 0.2) is 0 Å². The second-order valence-electron chi connectivity index (χ2n) is 3.25. The Labute approximate surface area is 106 Å². The molecule has 2 N–H and O–H groups in total. The van der Waals surface area contributed by atoms with Gasteiger partial charge in [0.25, 0.3) is 5.69 Å². The smallest absolute Gasteiger partial charge is 0.288 e. The molecule has 0 aliphatic carbocycles. The molecule has 0 spiro atoms. The van der Waals surface area contributed by atoms with Crippen LogP contribution in [0.15, 0.2) is 30.6 Å². The van der Waals surface area contributed by atoms with Crippen molar-refractivity contribution in [2.24, 2.45) is 0 Å². The van der Waals surface area contributed by atoms with Gasteiger partial charge in [-0.1, -0.05) is 11.6 Å². The first kappa shape index (κ1) is 12.1. The van der Waals surface area contributed by atoms with E-state index < -0.39 is 4.92 Å². The molecule has 0 bridgehead atoms. The Kier molecular flexibility index (Phi) is 3.24. The summed E-state index contributed by atoms with van der Waals surface area (Å²) in [5, 5.41) is 10.6. The Morgan fingerprint density at radius 3 is 2.67 bits per heavy atom. The van der Waals surface area contributed by atoms with E-state index in [-0.39, 0.29) is 22.4 Å². The summed E-state index contributed by atoms with van der Waals surface area (Å²) in [6.45, 7) is 0. The lowest BCUT2D eigenvalue weighted by Crippen LogP contribution is -1.94. The summed E-state index contributed by atoms with van der Waals surface area (Å²) >= 11 is 5.74. The number of hydrogen-bond acceptors (Lipinski definition) is 6. The minimum atomic E-state index is -0.574. The molecule has 8 heteroatoms. The molecule has 2 rings (SSSR count). The average Bonchev–Trinajstić information content (AvgIpc) is 2.32. The number of rotatable bonds is 3. The SMILES string of the molecule is Nc1cnc(Oc2ccc([N+](=O)[O-])c(Cl)c2)cn1. The van der Waals surface area contributed by atoms with Crippen molar-refractivity contribution in [1.29, 1.82) is 0 Å². The maximum absolute atomic E-state index is 10.6. The monoisotopic (exact) mass is 266 g/mol. The number of nitro benzene ring substituents is 1. The number of benzene rings is 1. The molecule has 7 nitrogen and oxygen atoms in total. The van der Waals surface area contributed by atoms with E-state index in [0.717, 1.165) is 0 Å². The van der Waals surface area contributed by atoms with Crippen LogP contribution >= 0.6 is 11.6 Å². The van der Waals surface area contributed by atoms with E-state index in [2.05, 4.69) is 9.97 Å². The Morgan fingerprint density at radius 2 is 2.11 bits per heavy atom. The minimum absolute atomic E-state index is 0.0131. The maximum Gasteiger partial charge on any atom is 0.288 e. The Bertz CT molecular complexity index is 588. The summed E-state index contributed by atoms with van der Waals surface area (Å²) < 4.78 is 5.31. The van der Waals surface area contributed by atoms with Crippen molar-refractivity contribution in [3.05, 3.63) is 45.7 Å². The highest BCUT2D eigenvalue weighted by atomic mass is 35.5. The van der Waals surface area contributed by atoms with Crippen LogP contribution in [-0.4, -0.2) is 14.9 Å². The van der Waals surface area contributed by atoms with E-state index in [4.69, 9.17) is 22.1 Å². The van der Waals surface area contributed by atoms with Crippen molar-refractivity contribution in [1.82, 2.24) is 9.97 Å². The van der Waals surface area contributed by atoms with Crippen LogP contribution in [0.5, 0.6) is 11.6 Å². The zero-order valence-electron chi connectivity index (χ0n) is 8.91. The van der Waals surface area contributed by atoms with E-state index in [1.54, 1.807) is 0 Å². The molecule has 92 valence electrons. The van der Waals surface area contributed by atoms with Gasteiger partial charge in [-0.05, 0) is 6.07 Å². The van der Waals surface area contributed by atoms with Crippen LogP contribution in [0.25, 0.3) is 0 Å². The maximum atomic E-state index is 10.6. The van der Waals surface area contributed by atoms with Crippen LogP contribution in [-0.2, 0) is 0 Å². The van der Waals surface area contributed by atoms with Gasteiger partial charge < -0.3 is 10.5 Å². The van der Waals surface area contributed by atoms with E-state index >= 15 is 0 Å². The molecule has 18 heavy (non-hydrogen) atoms. The molecule has 1 heterocycles. The van der Waals surface area contributed by atoms with Crippen LogP contribution in [0.1, 0.15) is 0 Å². The molecule has 0 amide bonds. The summed E-state index contributed by atoms with van der Waals surface area (Å²) in [7, 11) is 0. The number of anilines is 1. The lowest BCUT2D eigenvalue weighted by Gasteiger charge is -2.04. The zero-order chi connectivity index (χ0) is 13.1. The Morgan fingerprint density at radius 1 is 1.33 bits per heavy atom. The highest BCUT2D eigenvalue weighted by Gasteiger charge is 2.13. The third-order valence-corrected chi connectivity index (χ3v) is 2.29. The minimum Gasteiger partial charge on any atom is -0.437 e. The molecule has 2 aromatic rings. The van der Waals surface area contributed by atoms with Crippen LogP contribution in [0, 0.1) is 10.1 Å². The molecule has 1 aromatic carbocycles. The molecule has 0 saturated carbocycles. The number of nitrogens with zero attached hydrogens (tertiary/aromatic N) is 3. The summed E-state index contributed by atoms with van der Waals surface area (Å²) in [5.74, 6) is 0.808. The number of aromatic nitrogens is 2. The molecular weight excluding hydrogens is 260 g/mol. The molecule has 0 radical (unpaired) electrons. The topological polar surface area (TPSA) is 104 Å². The van der Waals surface area contributed by atoms with Crippen molar-refractivity contribution < 1.29 is 9.66 Å². The zero-order valence-corrected chi connectivity index (χ0v) is 9.66.